The normalized spacial score (nSPS) is 12.6. The van der Waals surface area contributed by atoms with Crippen LogP contribution in [-0.2, 0) is 16.0 Å². The van der Waals surface area contributed by atoms with Crippen LogP contribution in [0, 0.1) is 13.8 Å². The highest BCUT2D eigenvalue weighted by atomic mass is 35.5. The maximum absolute atomic E-state index is 12.4. The Morgan fingerprint density at radius 2 is 1.78 bits per heavy atom. The molecule has 2 atom stereocenters. The van der Waals surface area contributed by atoms with E-state index < -0.39 is 6.04 Å². The molecule has 0 spiro atoms. The van der Waals surface area contributed by atoms with Crippen LogP contribution in [0.4, 0.5) is 0 Å². The highest BCUT2D eigenvalue weighted by Gasteiger charge is 2.20. The van der Waals surface area contributed by atoms with E-state index in [1.165, 1.54) is 18.2 Å². The van der Waals surface area contributed by atoms with Crippen LogP contribution in [0.5, 0.6) is 5.75 Å². The van der Waals surface area contributed by atoms with E-state index in [-0.39, 0.29) is 31.0 Å². The van der Waals surface area contributed by atoms with Crippen molar-refractivity contribution in [3.8, 4) is 5.75 Å². The number of carbonyl (C=O) groups excluding carboxylic acids is 1. The second-order valence-corrected chi connectivity index (χ2v) is 6.60. The monoisotopic (exact) mass is 392 g/mol. The van der Waals surface area contributed by atoms with Crippen molar-refractivity contribution in [2.45, 2.75) is 32.4 Å². The average molecular weight is 393 g/mol. The van der Waals surface area contributed by atoms with E-state index >= 15 is 0 Å². The third-order valence-corrected chi connectivity index (χ3v) is 4.22. The smallest absolute Gasteiger partial charge is 0.239 e. The van der Waals surface area contributed by atoms with Crippen molar-refractivity contribution in [1.29, 1.82) is 0 Å². The maximum atomic E-state index is 12.4. The zero-order valence-electron chi connectivity index (χ0n) is 16.3. The van der Waals surface area contributed by atoms with Crippen molar-refractivity contribution in [2.75, 3.05) is 20.8 Å². The fraction of sp³-hybridized carbons (Fsp3) is 0.381. The lowest BCUT2D eigenvalue weighted by Gasteiger charge is -2.22. The number of nitrogens with two attached hydrogens (primary N) is 1. The van der Waals surface area contributed by atoms with Crippen molar-refractivity contribution >= 4 is 18.3 Å². The van der Waals surface area contributed by atoms with E-state index in [1.54, 1.807) is 7.11 Å². The summed E-state index contributed by atoms with van der Waals surface area (Å²) in [4.78, 5) is 12.4. The summed E-state index contributed by atoms with van der Waals surface area (Å²) in [6, 6.07) is 13.2. The number of hydrogen-bond acceptors (Lipinski definition) is 4. The molecule has 2 unspecified atom stereocenters. The van der Waals surface area contributed by atoms with E-state index in [9.17, 15) is 4.79 Å². The summed E-state index contributed by atoms with van der Waals surface area (Å²) in [7, 11) is 3.16. The van der Waals surface area contributed by atoms with Gasteiger partial charge in [0.2, 0.25) is 5.91 Å². The van der Waals surface area contributed by atoms with Crippen LogP contribution < -0.4 is 15.8 Å². The van der Waals surface area contributed by atoms with Crippen LogP contribution in [0.15, 0.2) is 42.5 Å². The van der Waals surface area contributed by atoms with Gasteiger partial charge in [-0.25, -0.2) is 0 Å². The lowest BCUT2D eigenvalue weighted by atomic mass is 9.96. The van der Waals surface area contributed by atoms with Gasteiger partial charge in [-0.1, -0.05) is 41.5 Å². The molecule has 0 aromatic heterocycles. The van der Waals surface area contributed by atoms with E-state index in [0.29, 0.717) is 6.42 Å². The van der Waals surface area contributed by atoms with Gasteiger partial charge in [0.05, 0.1) is 19.8 Å². The summed E-state index contributed by atoms with van der Waals surface area (Å²) in [5.74, 6) is 0.521. The molecule has 0 aliphatic heterocycles. The lowest BCUT2D eigenvalue weighted by molar-refractivity contribution is -0.124. The average Bonchev–Trinajstić information content (AvgIpc) is 2.60. The largest absolute Gasteiger partial charge is 0.497 e. The summed E-state index contributed by atoms with van der Waals surface area (Å²) in [5.41, 5.74) is 10.4. The molecule has 0 saturated carbocycles. The van der Waals surface area contributed by atoms with Crippen LogP contribution in [0.25, 0.3) is 0 Å². The summed E-state index contributed by atoms with van der Waals surface area (Å²) in [6.45, 7) is 4.33. The van der Waals surface area contributed by atoms with Gasteiger partial charge < -0.3 is 20.5 Å². The zero-order valence-corrected chi connectivity index (χ0v) is 17.1. The van der Waals surface area contributed by atoms with Crippen LogP contribution in [0.1, 0.15) is 28.3 Å². The van der Waals surface area contributed by atoms with Crippen LogP contribution >= 0.6 is 12.4 Å². The van der Waals surface area contributed by atoms with Gasteiger partial charge in [0.25, 0.3) is 0 Å². The van der Waals surface area contributed by atoms with Crippen LogP contribution in [-0.4, -0.2) is 32.8 Å². The third-order valence-electron chi connectivity index (χ3n) is 4.22. The molecule has 2 aromatic carbocycles. The van der Waals surface area contributed by atoms with Gasteiger partial charge in [-0.05, 0) is 43.5 Å². The fourth-order valence-corrected chi connectivity index (χ4v) is 3.07. The maximum Gasteiger partial charge on any atom is 0.239 e. The predicted molar refractivity (Wildman–Crippen MR) is 111 cm³/mol. The Kier molecular flexibility index (Phi) is 9.29. The summed E-state index contributed by atoms with van der Waals surface area (Å²) in [5, 5.41) is 3.06. The SMILES string of the molecule is COCC(N)C(=O)NC(Cc1cc(C)cc(C)c1)c1cccc(OC)c1.Cl. The molecular formula is C21H29ClN2O3. The van der Waals surface area contributed by atoms with Gasteiger partial charge >= 0.3 is 0 Å². The minimum atomic E-state index is -0.702. The summed E-state index contributed by atoms with van der Waals surface area (Å²) < 4.78 is 10.3. The van der Waals surface area contributed by atoms with Gasteiger partial charge in [-0.15, -0.1) is 12.4 Å². The Labute approximate surface area is 167 Å². The molecular weight excluding hydrogens is 364 g/mol. The number of hydrogen-bond donors (Lipinski definition) is 2. The fourth-order valence-electron chi connectivity index (χ4n) is 3.07. The molecule has 6 heteroatoms. The molecule has 148 valence electrons. The van der Waals surface area contributed by atoms with Gasteiger partial charge in [0, 0.05) is 7.11 Å². The van der Waals surface area contributed by atoms with E-state index in [4.69, 9.17) is 15.2 Å². The first kappa shape index (κ1) is 23.0. The number of benzene rings is 2. The minimum Gasteiger partial charge on any atom is -0.497 e. The Morgan fingerprint density at radius 3 is 2.37 bits per heavy atom. The summed E-state index contributed by atoms with van der Waals surface area (Å²) in [6.07, 6.45) is 0.668. The molecule has 0 aliphatic rings. The van der Waals surface area contributed by atoms with Crippen molar-refractivity contribution in [3.63, 3.8) is 0 Å². The van der Waals surface area contributed by atoms with Gasteiger partial charge in [0.15, 0.2) is 0 Å². The first-order valence-corrected chi connectivity index (χ1v) is 8.69. The zero-order chi connectivity index (χ0) is 19.1. The van der Waals surface area contributed by atoms with Gasteiger partial charge in [-0.3, -0.25) is 4.79 Å². The molecule has 0 heterocycles. The van der Waals surface area contributed by atoms with Crippen molar-refractivity contribution in [3.05, 3.63) is 64.7 Å². The van der Waals surface area contributed by atoms with Gasteiger partial charge in [0.1, 0.15) is 11.8 Å². The van der Waals surface area contributed by atoms with Crippen molar-refractivity contribution < 1.29 is 14.3 Å². The number of aryl methyl sites for hydroxylation is 2. The number of amides is 1. The molecule has 0 fully saturated rings. The highest BCUT2D eigenvalue weighted by Crippen LogP contribution is 2.24. The Hall–Kier alpha value is -2.08. The first-order valence-electron chi connectivity index (χ1n) is 8.69. The number of halogens is 1. The van der Waals surface area contributed by atoms with E-state index in [1.807, 2.05) is 24.3 Å². The first-order chi connectivity index (χ1) is 12.4. The van der Waals surface area contributed by atoms with E-state index in [0.717, 1.165) is 16.9 Å². The Balaban J connectivity index is 0.00000364. The Bertz CT molecular complexity index is 732. The number of nitrogens with one attached hydrogen (secondary N) is 1. The second kappa shape index (κ2) is 10.9. The molecule has 0 aliphatic carbocycles. The molecule has 2 aromatic rings. The lowest BCUT2D eigenvalue weighted by Crippen LogP contribution is -2.45. The Morgan fingerprint density at radius 1 is 1.11 bits per heavy atom. The molecule has 2 rings (SSSR count). The molecule has 0 bridgehead atoms. The number of ether oxygens (including phenoxy) is 2. The number of methoxy groups -OCH3 is 2. The highest BCUT2D eigenvalue weighted by molar-refractivity contribution is 5.85. The molecule has 3 N–H and O–H groups in total. The molecule has 1 amide bonds. The predicted octanol–water partition coefficient (Wildman–Crippen LogP) is 3.11. The molecule has 27 heavy (non-hydrogen) atoms. The second-order valence-electron chi connectivity index (χ2n) is 6.60. The number of rotatable bonds is 8. The van der Waals surface area contributed by atoms with Crippen LogP contribution in [0.3, 0.4) is 0 Å². The van der Waals surface area contributed by atoms with Gasteiger partial charge in [-0.2, -0.15) is 0 Å². The molecule has 0 radical (unpaired) electrons. The summed E-state index contributed by atoms with van der Waals surface area (Å²) >= 11 is 0. The van der Waals surface area contributed by atoms with Crippen molar-refractivity contribution in [2.24, 2.45) is 5.73 Å². The minimum absolute atomic E-state index is 0. The number of carbonyl (C=O) groups is 1. The molecule has 5 nitrogen and oxygen atoms in total. The third kappa shape index (κ3) is 6.86. The topological polar surface area (TPSA) is 73.6 Å². The molecule has 0 saturated heterocycles. The standard InChI is InChI=1S/C21H28N2O3.ClH/c1-14-8-15(2)10-16(9-14)11-20(23-21(24)19(22)13-25-3)17-6-5-7-18(12-17)26-4;/h5-10,12,19-20H,11,13,22H2,1-4H3,(H,23,24);1H. The van der Waals surface area contributed by atoms with Crippen LogP contribution in [0.2, 0.25) is 0 Å². The van der Waals surface area contributed by atoms with E-state index in [2.05, 4.69) is 37.4 Å². The van der Waals surface area contributed by atoms with Crippen molar-refractivity contribution in [1.82, 2.24) is 5.32 Å². The quantitative estimate of drug-likeness (QED) is 0.723.